The lowest BCUT2D eigenvalue weighted by atomic mass is 10.1. The van der Waals surface area contributed by atoms with Gasteiger partial charge in [0.15, 0.2) is 0 Å². The number of carbonyl (C=O) groups excluding carboxylic acids is 4. The number of anilines is 1. The second-order valence-electron chi connectivity index (χ2n) is 8.49. The quantitative estimate of drug-likeness (QED) is 0.415. The van der Waals surface area contributed by atoms with Gasteiger partial charge in [-0.2, -0.15) is 8.42 Å². The van der Waals surface area contributed by atoms with Crippen molar-refractivity contribution in [1.29, 1.82) is 0 Å². The molecular formula is C25H25N3O7S2. The number of rotatable bonds is 7. The van der Waals surface area contributed by atoms with Crippen LogP contribution in [0.2, 0.25) is 0 Å². The summed E-state index contributed by atoms with van der Waals surface area (Å²) in [7, 11) is -4.24. The van der Waals surface area contributed by atoms with E-state index in [-0.39, 0.29) is 39.5 Å². The zero-order chi connectivity index (χ0) is 26.6. The Hall–Kier alpha value is -3.64. The van der Waals surface area contributed by atoms with Crippen LogP contribution in [0.3, 0.4) is 0 Å². The van der Waals surface area contributed by atoms with E-state index in [4.69, 9.17) is 4.18 Å². The highest BCUT2D eigenvalue weighted by atomic mass is 32.2. The Morgan fingerprint density at radius 2 is 1.70 bits per heavy atom. The summed E-state index contributed by atoms with van der Waals surface area (Å²) in [6, 6.07) is 11.7. The standard InChI is InChI=1S/C25H25N3O7S2/c1-17(29)26-19-9-11-20(12-10-19)37(33,34)35-21-8-4-3-7-18(21)15-22-24(31)28(25(32)36-22)16-23(30)27-13-5-2-6-14-27/h3-4,7-12,15H,2,5-6,13-14,16H2,1H3,(H,26,29)/b22-15-. The number of amides is 4. The number of benzene rings is 2. The van der Waals surface area contributed by atoms with Crippen molar-refractivity contribution in [3.05, 3.63) is 59.0 Å². The second-order valence-corrected chi connectivity index (χ2v) is 11.0. The summed E-state index contributed by atoms with van der Waals surface area (Å²) in [5, 5.41) is 1.99. The van der Waals surface area contributed by atoms with Crippen LogP contribution in [0.4, 0.5) is 10.5 Å². The van der Waals surface area contributed by atoms with Crippen LogP contribution >= 0.6 is 11.8 Å². The molecule has 0 unspecified atom stereocenters. The first-order chi connectivity index (χ1) is 17.6. The molecule has 0 aliphatic carbocycles. The van der Waals surface area contributed by atoms with Gasteiger partial charge >= 0.3 is 10.1 Å². The fourth-order valence-electron chi connectivity index (χ4n) is 3.91. The molecule has 194 valence electrons. The average Bonchev–Trinajstić information content (AvgIpc) is 3.13. The molecule has 37 heavy (non-hydrogen) atoms. The molecule has 1 N–H and O–H groups in total. The SMILES string of the molecule is CC(=O)Nc1ccc(S(=O)(=O)Oc2ccccc2/C=C2\SC(=O)N(CC(=O)N3CCCCC3)C2=O)cc1. The third-order valence-electron chi connectivity index (χ3n) is 5.74. The Morgan fingerprint density at radius 3 is 2.38 bits per heavy atom. The molecule has 2 aliphatic rings. The van der Waals surface area contributed by atoms with E-state index < -0.39 is 21.3 Å². The minimum atomic E-state index is -4.24. The van der Waals surface area contributed by atoms with Gasteiger partial charge in [0.2, 0.25) is 11.8 Å². The van der Waals surface area contributed by atoms with Gasteiger partial charge in [0, 0.05) is 31.3 Å². The van der Waals surface area contributed by atoms with Crippen molar-refractivity contribution in [3.63, 3.8) is 0 Å². The number of carbonyl (C=O) groups is 4. The number of hydrogen-bond donors (Lipinski definition) is 1. The predicted octanol–water partition coefficient (Wildman–Crippen LogP) is 3.46. The van der Waals surface area contributed by atoms with E-state index in [2.05, 4.69) is 5.32 Å². The summed E-state index contributed by atoms with van der Waals surface area (Å²) in [6.45, 7) is 2.23. The van der Waals surface area contributed by atoms with E-state index in [9.17, 15) is 27.6 Å². The highest BCUT2D eigenvalue weighted by Crippen LogP contribution is 2.34. The lowest BCUT2D eigenvalue weighted by molar-refractivity contribution is -0.136. The largest absolute Gasteiger partial charge is 0.378 e. The van der Waals surface area contributed by atoms with Gasteiger partial charge in [-0.05, 0) is 67.4 Å². The van der Waals surface area contributed by atoms with Crippen LogP contribution < -0.4 is 9.50 Å². The summed E-state index contributed by atoms with van der Waals surface area (Å²) in [5.74, 6) is -1.22. The Labute approximate surface area is 218 Å². The molecule has 2 saturated heterocycles. The van der Waals surface area contributed by atoms with Gasteiger partial charge in [0.1, 0.15) is 17.2 Å². The molecule has 2 heterocycles. The lowest BCUT2D eigenvalue weighted by Crippen LogP contribution is -2.44. The average molecular weight is 544 g/mol. The fourth-order valence-corrected chi connectivity index (χ4v) is 5.69. The van der Waals surface area contributed by atoms with Gasteiger partial charge in [0.25, 0.3) is 11.1 Å². The maximum atomic E-state index is 12.9. The molecular weight excluding hydrogens is 518 g/mol. The van der Waals surface area contributed by atoms with Crippen molar-refractivity contribution in [3.8, 4) is 5.75 Å². The van der Waals surface area contributed by atoms with E-state index in [1.807, 2.05) is 0 Å². The first kappa shape index (κ1) is 26.4. The van der Waals surface area contributed by atoms with Gasteiger partial charge in [-0.3, -0.25) is 24.1 Å². The number of thioether (sulfide) groups is 1. The van der Waals surface area contributed by atoms with Crippen LogP contribution in [0.25, 0.3) is 6.08 Å². The van der Waals surface area contributed by atoms with Gasteiger partial charge in [-0.25, -0.2) is 0 Å². The van der Waals surface area contributed by atoms with Crippen LogP contribution in [0.15, 0.2) is 58.3 Å². The number of nitrogens with one attached hydrogen (secondary N) is 1. The first-order valence-electron chi connectivity index (χ1n) is 11.6. The van der Waals surface area contributed by atoms with Crippen LogP contribution in [-0.4, -0.2) is 60.8 Å². The molecule has 4 amide bonds. The first-order valence-corrected chi connectivity index (χ1v) is 13.8. The normalized spacial score (nSPS) is 17.3. The van der Waals surface area contributed by atoms with Crippen LogP contribution in [0.1, 0.15) is 31.7 Å². The van der Waals surface area contributed by atoms with Crippen molar-refractivity contribution in [2.45, 2.75) is 31.1 Å². The maximum Gasteiger partial charge on any atom is 0.339 e. The molecule has 0 atom stereocenters. The minimum absolute atomic E-state index is 0.0374. The molecule has 0 aromatic heterocycles. The highest BCUT2D eigenvalue weighted by Gasteiger charge is 2.37. The Balaban J connectivity index is 1.51. The molecule has 2 aromatic carbocycles. The van der Waals surface area contributed by atoms with Gasteiger partial charge < -0.3 is 14.4 Å². The molecule has 0 radical (unpaired) electrons. The van der Waals surface area contributed by atoms with E-state index in [0.29, 0.717) is 30.5 Å². The topological polar surface area (TPSA) is 130 Å². The third kappa shape index (κ3) is 6.38. The zero-order valence-corrected chi connectivity index (χ0v) is 21.6. The summed E-state index contributed by atoms with van der Waals surface area (Å²) in [4.78, 5) is 51.7. The van der Waals surface area contributed by atoms with Crippen molar-refractivity contribution in [1.82, 2.24) is 9.80 Å². The van der Waals surface area contributed by atoms with Crippen molar-refractivity contribution in [2.24, 2.45) is 0 Å². The minimum Gasteiger partial charge on any atom is -0.378 e. The summed E-state index contributed by atoms with van der Waals surface area (Å²) in [6.07, 6.45) is 4.22. The van der Waals surface area contributed by atoms with Gasteiger partial charge in [-0.15, -0.1) is 0 Å². The fraction of sp³-hybridized carbons (Fsp3) is 0.280. The van der Waals surface area contributed by atoms with E-state index in [0.717, 1.165) is 24.2 Å². The summed E-state index contributed by atoms with van der Waals surface area (Å²) in [5.41, 5.74) is 0.704. The van der Waals surface area contributed by atoms with E-state index in [1.165, 1.54) is 43.3 Å². The number of para-hydroxylation sites is 1. The summed E-state index contributed by atoms with van der Waals surface area (Å²) >= 11 is 0.683. The molecule has 2 fully saturated rings. The molecule has 0 bridgehead atoms. The maximum absolute atomic E-state index is 12.9. The van der Waals surface area contributed by atoms with E-state index in [1.54, 1.807) is 23.1 Å². The molecule has 2 aliphatic heterocycles. The molecule has 4 rings (SSSR count). The van der Waals surface area contributed by atoms with Crippen LogP contribution in [0, 0.1) is 0 Å². The molecule has 0 saturated carbocycles. The number of hydrogen-bond acceptors (Lipinski definition) is 8. The van der Waals surface area contributed by atoms with Crippen LogP contribution in [0.5, 0.6) is 5.75 Å². The smallest absolute Gasteiger partial charge is 0.339 e. The van der Waals surface area contributed by atoms with Crippen LogP contribution in [-0.2, 0) is 24.5 Å². The predicted molar refractivity (Wildman–Crippen MR) is 138 cm³/mol. The zero-order valence-electron chi connectivity index (χ0n) is 20.0. The Bertz CT molecular complexity index is 1360. The number of imide groups is 1. The van der Waals surface area contributed by atoms with Gasteiger partial charge in [-0.1, -0.05) is 18.2 Å². The Kier molecular flexibility index (Phi) is 7.98. The number of piperidine rings is 1. The van der Waals surface area contributed by atoms with E-state index >= 15 is 0 Å². The van der Waals surface area contributed by atoms with Gasteiger partial charge in [0.05, 0.1) is 4.91 Å². The van der Waals surface area contributed by atoms with Crippen molar-refractivity contribution >= 4 is 56.6 Å². The lowest BCUT2D eigenvalue weighted by Gasteiger charge is -2.27. The molecule has 2 aromatic rings. The molecule has 12 heteroatoms. The molecule has 10 nitrogen and oxygen atoms in total. The number of nitrogens with zero attached hydrogens (tertiary/aromatic N) is 2. The monoisotopic (exact) mass is 543 g/mol. The van der Waals surface area contributed by atoms with Crippen molar-refractivity contribution < 1.29 is 31.8 Å². The summed E-state index contributed by atoms with van der Waals surface area (Å²) < 4.78 is 31.1. The third-order valence-corrected chi connectivity index (χ3v) is 7.90. The highest BCUT2D eigenvalue weighted by molar-refractivity contribution is 8.18. The number of likely N-dealkylation sites (tertiary alicyclic amines) is 1. The Morgan fingerprint density at radius 1 is 1.03 bits per heavy atom. The second kappa shape index (κ2) is 11.2. The molecule has 0 spiro atoms. The van der Waals surface area contributed by atoms with Crippen molar-refractivity contribution in [2.75, 3.05) is 25.0 Å².